The molecule has 0 N–H and O–H groups in total. The van der Waals surface area contributed by atoms with Gasteiger partial charge in [0.15, 0.2) is 0 Å². The zero-order valence-electron chi connectivity index (χ0n) is 9.76. The second kappa shape index (κ2) is 4.02. The molecule has 17 heavy (non-hydrogen) atoms. The highest BCUT2D eigenvalue weighted by atomic mass is 16.5. The Bertz CT molecular complexity index is 450. The van der Waals surface area contributed by atoms with Gasteiger partial charge in [0, 0.05) is 0 Å². The number of fused-ring (bicyclic) bond motifs is 1. The maximum absolute atomic E-state index is 12.4. The van der Waals surface area contributed by atoms with Gasteiger partial charge in [0.2, 0.25) is 0 Å². The van der Waals surface area contributed by atoms with E-state index in [2.05, 4.69) is 0 Å². The van der Waals surface area contributed by atoms with Crippen molar-refractivity contribution in [3.05, 3.63) is 48.1 Å². The fraction of sp³-hybridized carbons (Fsp3) is 0.400. The largest absolute Gasteiger partial charge is 0.461 e. The molecule has 3 aliphatic carbocycles. The van der Waals surface area contributed by atoms with E-state index in [9.17, 15) is 4.79 Å². The van der Waals surface area contributed by atoms with Crippen LogP contribution in [-0.4, -0.2) is 12.1 Å². The normalized spacial score (nSPS) is 30.5. The van der Waals surface area contributed by atoms with Crippen molar-refractivity contribution in [1.82, 2.24) is 0 Å². The average Bonchev–Trinajstić information content (AvgIpc) is 2.33. The van der Waals surface area contributed by atoms with Crippen LogP contribution in [0.2, 0.25) is 0 Å². The summed E-state index contributed by atoms with van der Waals surface area (Å²) in [4.78, 5) is 12.4. The molecule has 0 saturated heterocycles. The van der Waals surface area contributed by atoms with Gasteiger partial charge >= 0.3 is 5.97 Å². The fourth-order valence-electron chi connectivity index (χ4n) is 2.45. The van der Waals surface area contributed by atoms with Crippen molar-refractivity contribution in [3.8, 4) is 0 Å². The van der Waals surface area contributed by atoms with Crippen molar-refractivity contribution in [2.45, 2.75) is 31.8 Å². The molecule has 1 atom stereocenters. The van der Waals surface area contributed by atoms with Crippen molar-refractivity contribution in [2.75, 3.05) is 0 Å². The molecule has 1 saturated carbocycles. The van der Waals surface area contributed by atoms with Crippen LogP contribution in [0.3, 0.4) is 0 Å². The lowest BCUT2D eigenvalue weighted by atomic mass is 9.72. The Labute approximate surface area is 101 Å². The molecule has 88 valence electrons. The first-order chi connectivity index (χ1) is 8.31. The summed E-state index contributed by atoms with van der Waals surface area (Å²) < 4.78 is 5.59. The van der Waals surface area contributed by atoms with E-state index in [0.717, 1.165) is 18.4 Å². The summed E-state index contributed by atoms with van der Waals surface area (Å²) in [7, 11) is 0. The molecular weight excluding hydrogens is 212 g/mol. The van der Waals surface area contributed by atoms with E-state index in [1.807, 2.05) is 42.5 Å². The van der Waals surface area contributed by atoms with Gasteiger partial charge in [-0.25, -0.2) is 0 Å². The van der Waals surface area contributed by atoms with Gasteiger partial charge in [-0.1, -0.05) is 42.5 Å². The Morgan fingerprint density at radius 1 is 1.29 bits per heavy atom. The minimum absolute atomic E-state index is 0.0848. The van der Waals surface area contributed by atoms with E-state index in [4.69, 9.17) is 4.74 Å². The van der Waals surface area contributed by atoms with Crippen molar-refractivity contribution in [3.63, 3.8) is 0 Å². The van der Waals surface area contributed by atoms with Gasteiger partial charge in [0.05, 0.1) is 0 Å². The molecule has 1 unspecified atom stereocenters. The molecule has 0 bridgehead atoms. The molecule has 0 aromatic heterocycles. The summed E-state index contributed by atoms with van der Waals surface area (Å²) in [5.74, 6) is -0.0848. The summed E-state index contributed by atoms with van der Waals surface area (Å²) in [6, 6.07) is 0. The molecule has 1 fully saturated rings. The van der Waals surface area contributed by atoms with Crippen LogP contribution < -0.4 is 0 Å². The van der Waals surface area contributed by atoms with E-state index < -0.39 is 5.41 Å². The zero-order valence-corrected chi connectivity index (χ0v) is 9.76. The molecule has 0 spiro atoms. The van der Waals surface area contributed by atoms with Crippen LogP contribution in [0.25, 0.3) is 0 Å². The summed E-state index contributed by atoms with van der Waals surface area (Å²) in [5.41, 5.74) is 0.492. The van der Waals surface area contributed by atoms with Crippen LogP contribution in [0, 0.1) is 5.41 Å². The lowest BCUT2D eigenvalue weighted by Crippen LogP contribution is -2.38. The van der Waals surface area contributed by atoms with Crippen molar-refractivity contribution in [1.29, 1.82) is 0 Å². The monoisotopic (exact) mass is 228 g/mol. The number of carbonyl (C=O) groups is 1. The second-order valence-corrected chi connectivity index (χ2v) is 4.90. The molecule has 0 heterocycles. The Kier molecular flexibility index (Phi) is 2.50. The van der Waals surface area contributed by atoms with Crippen molar-refractivity contribution < 1.29 is 9.53 Å². The first-order valence-corrected chi connectivity index (χ1v) is 6.25. The van der Waals surface area contributed by atoms with Crippen LogP contribution in [0.5, 0.6) is 0 Å². The minimum Gasteiger partial charge on any atom is -0.461 e. The number of esters is 1. The molecule has 0 amide bonds. The van der Waals surface area contributed by atoms with Crippen LogP contribution >= 0.6 is 0 Å². The molecule has 0 radical (unpaired) electrons. The third kappa shape index (κ3) is 1.68. The Hall–Kier alpha value is -1.57. The molecule has 3 aliphatic rings. The zero-order chi connectivity index (χ0) is 11.7. The van der Waals surface area contributed by atoms with Crippen LogP contribution in [0.4, 0.5) is 0 Å². The molecule has 2 nitrogen and oxygen atoms in total. The number of carbonyl (C=O) groups excluding carboxylic acids is 1. The van der Waals surface area contributed by atoms with Gasteiger partial charge < -0.3 is 4.74 Å². The molecular formula is C15H16O2. The predicted octanol–water partition coefficient (Wildman–Crippen LogP) is 3.08. The maximum atomic E-state index is 12.4. The molecule has 0 aromatic rings. The first-order valence-electron chi connectivity index (χ1n) is 6.25. The van der Waals surface area contributed by atoms with E-state index in [-0.39, 0.29) is 12.1 Å². The molecule has 0 aromatic carbocycles. The standard InChI is InChI=1S/C15H16O2/c16-14(17-13-8-5-9-13)15-10-3-1-6-12(15)7-2-4-11-15/h1-4,6-7,10,13H,5,8-9,11H2. The number of rotatable bonds is 2. The quantitative estimate of drug-likeness (QED) is 0.679. The number of allylic oxidation sites excluding steroid dienone is 6. The molecule has 2 heteroatoms. The van der Waals surface area contributed by atoms with Crippen LogP contribution in [0.15, 0.2) is 48.1 Å². The van der Waals surface area contributed by atoms with Crippen molar-refractivity contribution in [2.24, 2.45) is 5.41 Å². The van der Waals surface area contributed by atoms with Gasteiger partial charge in [-0.15, -0.1) is 0 Å². The predicted molar refractivity (Wildman–Crippen MR) is 66.3 cm³/mol. The lowest BCUT2D eigenvalue weighted by Gasteiger charge is -2.35. The van der Waals surface area contributed by atoms with Crippen LogP contribution in [-0.2, 0) is 9.53 Å². The van der Waals surface area contributed by atoms with Gasteiger partial charge in [0.25, 0.3) is 0 Å². The molecule has 0 aliphatic heterocycles. The number of hydrogen-bond donors (Lipinski definition) is 0. The summed E-state index contributed by atoms with van der Waals surface area (Å²) in [6.45, 7) is 0. The lowest BCUT2D eigenvalue weighted by molar-refractivity contribution is -0.160. The van der Waals surface area contributed by atoms with Gasteiger partial charge in [-0.05, 0) is 31.3 Å². The van der Waals surface area contributed by atoms with Gasteiger partial charge in [0.1, 0.15) is 11.5 Å². The Balaban J connectivity index is 1.85. The van der Waals surface area contributed by atoms with Crippen molar-refractivity contribution >= 4 is 5.97 Å². The van der Waals surface area contributed by atoms with Gasteiger partial charge in [-0.2, -0.15) is 0 Å². The maximum Gasteiger partial charge on any atom is 0.321 e. The van der Waals surface area contributed by atoms with Gasteiger partial charge in [-0.3, -0.25) is 4.79 Å². The highest BCUT2D eigenvalue weighted by Gasteiger charge is 2.42. The van der Waals surface area contributed by atoms with E-state index in [1.54, 1.807) is 0 Å². The average molecular weight is 228 g/mol. The Morgan fingerprint density at radius 2 is 2.18 bits per heavy atom. The number of hydrogen-bond acceptors (Lipinski definition) is 2. The summed E-state index contributed by atoms with van der Waals surface area (Å²) in [5, 5.41) is 0. The smallest absolute Gasteiger partial charge is 0.321 e. The Morgan fingerprint density at radius 3 is 2.94 bits per heavy atom. The fourth-order valence-corrected chi connectivity index (χ4v) is 2.45. The SMILES string of the molecule is O=C(OC1CCC1)C12C=CC=CC1=CC=CC2. The third-order valence-electron chi connectivity index (χ3n) is 3.82. The minimum atomic E-state index is -0.556. The van der Waals surface area contributed by atoms with E-state index in [1.165, 1.54) is 6.42 Å². The first kappa shape index (κ1) is 10.6. The highest BCUT2D eigenvalue weighted by Crippen LogP contribution is 2.41. The van der Waals surface area contributed by atoms with Crippen LogP contribution in [0.1, 0.15) is 25.7 Å². The highest BCUT2D eigenvalue weighted by molar-refractivity contribution is 5.86. The number of ether oxygens (including phenoxy) is 1. The summed E-state index contributed by atoms with van der Waals surface area (Å²) >= 11 is 0. The third-order valence-corrected chi connectivity index (χ3v) is 3.82. The van der Waals surface area contributed by atoms with E-state index >= 15 is 0 Å². The second-order valence-electron chi connectivity index (χ2n) is 4.90. The summed E-state index contributed by atoms with van der Waals surface area (Å²) in [6.07, 6.45) is 18.0. The molecule has 3 rings (SSSR count). The topological polar surface area (TPSA) is 26.3 Å². The van der Waals surface area contributed by atoms with E-state index in [0.29, 0.717) is 6.42 Å².